The van der Waals surface area contributed by atoms with Gasteiger partial charge in [0.15, 0.2) is 5.82 Å². The van der Waals surface area contributed by atoms with E-state index in [4.69, 9.17) is 26.4 Å². The summed E-state index contributed by atoms with van der Waals surface area (Å²) in [5.74, 6) is 0.926. The van der Waals surface area contributed by atoms with Crippen LogP contribution in [0.1, 0.15) is 12.1 Å². The van der Waals surface area contributed by atoms with Crippen molar-refractivity contribution in [3.8, 4) is 17.1 Å². The van der Waals surface area contributed by atoms with Gasteiger partial charge >= 0.3 is 6.03 Å². The van der Waals surface area contributed by atoms with Crippen molar-refractivity contribution in [3.63, 3.8) is 0 Å². The molecule has 182 valence electrons. The lowest BCUT2D eigenvalue weighted by Crippen LogP contribution is -2.48. The van der Waals surface area contributed by atoms with Gasteiger partial charge in [-0.1, -0.05) is 11.6 Å². The Kier molecular flexibility index (Phi) is 6.37. The number of anilines is 3. The third kappa shape index (κ3) is 4.70. The summed E-state index contributed by atoms with van der Waals surface area (Å²) in [5, 5.41) is 21.7. The van der Waals surface area contributed by atoms with Crippen LogP contribution in [0.15, 0.2) is 36.8 Å². The topological polar surface area (TPSA) is 137 Å². The smallest absolute Gasteiger partial charge is 0.329 e. The predicted octanol–water partition coefficient (Wildman–Crippen LogP) is 2.26. The highest BCUT2D eigenvalue weighted by atomic mass is 35.5. The summed E-state index contributed by atoms with van der Waals surface area (Å²) in [4.78, 5) is 34.5. The first-order valence-electron chi connectivity index (χ1n) is 11.2. The molecule has 0 radical (unpaired) electrons. The molecule has 2 atom stereocenters. The van der Waals surface area contributed by atoms with Gasteiger partial charge < -0.3 is 19.8 Å². The normalized spacial score (nSPS) is 17.2. The second-order valence-electron chi connectivity index (χ2n) is 8.42. The number of aryl methyl sites for hydroxylation is 1. The molecule has 35 heavy (non-hydrogen) atoms. The van der Waals surface area contributed by atoms with Gasteiger partial charge in [-0.3, -0.25) is 15.2 Å². The van der Waals surface area contributed by atoms with E-state index in [9.17, 15) is 9.90 Å². The van der Waals surface area contributed by atoms with Crippen molar-refractivity contribution in [2.75, 3.05) is 41.4 Å². The number of hydrogen-bond donors (Lipinski definition) is 3. The lowest BCUT2D eigenvalue weighted by Gasteiger charge is -2.36. The van der Waals surface area contributed by atoms with Crippen molar-refractivity contribution < 1.29 is 19.7 Å². The second-order valence-corrected chi connectivity index (χ2v) is 8.83. The Labute approximate surface area is 206 Å². The van der Waals surface area contributed by atoms with Crippen molar-refractivity contribution in [3.05, 3.63) is 47.5 Å². The van der Waals surface area contributed by atoms with Gasteiger partial charge in [0.2, 0.25) is 5.88 Å². The molecule has 2 bridgehead atoms. The van der Waals surface area contributed by atoms with Gasteiger partial charge in [0, 0.05) is 36.6 Å². The number of rotatable bonds is 6. The van der Waals surface area contributed by atoms with E-state index in [1.807, 2.05) is 25.1 Å². The SMILES string of the molecule is Cc1cc(-c2nc3c(cc2Cl)N2CC[C@@H](C2)N3C(=O)Nc2cc(OC[C@H](O)CO)ncn2)ccn1. The van der Waals surface area contributed by atoms with E-state index in [1.165, 1.54) is 12.4 Å². The van der Waals surface area contributed by atoms with Crippen LogP contribution in [0, 0.1) is 6.92 Å². The summed E-state index contributed by atoms with van der Waals surface area (Å²) in [6, 6.07) is 6.61. The number of nitrogens with one attached hydrogen (secondary N) is 1. The Balaban J connectivity index is 1.44. The summed E-state index contributed by atoms with van der Waals surface area (Å²) in [6.07, 6.45) is 2.71. The van der Waals surface area contributed by atoms with Gasteiger partial charge in [-0.05, 0) is 31.5 Å². The zero-order chi connectivity index (χ0) is 24.5. The minimum atomic E-state index is -1.03. The van der Waals surface area contributed by atoms with Crippen LogP contribution < -0.4 is 19.9 Å². The number of carbonyl (C=O) groups is 1. The van der Waals surface area contributed by atoms with Crippen LogP contribution in [-0.4, -0.2) is 74.6 Å². The standard InChI is InChI=1S/C23H24ClN7O4/c1-13-6-14(2-4-25-13)21-17(24)7-18-22(29-21)31(15-3-5-30(18)9-15)23(34)28-19-8-20(27-12-26-19)35-11-16(33)10-32/h2,4,6-8,12,15-16,32-33H,3,5,9-11H2,1H3,(H,26,27,28,34)/t15-,16+/m0/s1. The van der Waals surface area contributed by atoms with Crippen molar-refractivity contribution in [1.29, 1.82) is 0 Å². The fourth-order valence-electron chi connectivity index (χ4n) is 4.27. The number of aliphatic hydroxyl groups is 2. The summed E-state index contributed by atoms with van der Waals surface area (Å²) >= 11 is 6.63. The number of hydrogen-bond acceptors (Lipinski definition) is 9. The van der Waals surface area contributed by atoms with E-state index in [0.29, 0.717) is 23.1 Å². The molecule has 12 heteroatoms. The maximum atomic E-state index is 13.5. The Hall–Kier alpha value is -3.54. The van der Waals surface area contributed by atoms with Crippen LogP contribution in [0.4, 0.5) is 22.1 Å². The zero-order valence-corrected chi connectivity index (χ0v) is 19.7. The second kappa shape index (κ2) is 9.61. The van der Waals surface area contributed by atoms with Crippen LogP contribution >= 0.6 is 11.6 Å². The van der Waals surface area contributed by atoms with E-state index in [-0.39, 0.29) is 30.4 Å². The third-order valence-corrected chi connectivity index (χ3v) is 6.22. The third-order valence-electron chi connectivity index (χ3n) is 5.93. The minimum absolute atomic E-state index is 0.0551. The van der Waals surface area contributed by atoms with Crippen LogP contribution in [0.3, 0.4) is 0 Å². The number of amides is 2. The maximum Gasteiger partial charge on any atom is 0.329 e. The van der Waals surface area contributed by atoms with Crippen LogP contribution in [0.25, 0.3) is 11.3 Å². The first kappa shape index (κ1) is 23.2. The summed E-state index contributed by atoms with van der Waals surface area (Å²) in [5.41, 5.74) is 3.04. The molecule has 3 aromatic heterocycles. The number of urea groups is 1. The van der Waals surface area contributed by atoms with Gasteiger partial charge in [0.05, 0.1) is 29.1 Å². The number of pyridine rings is 2. The van der Waals surface area contributed by atoms with Crippen molar-refractivity contribution >= 4 is 35.0 Å². The Morgan fingerprint density at radius 2 is 2.17 bits per heavy atom. The predicted molar refractivity (Wildman–Crippen MR) is 130 cm³/mol. The monoisotopic (exact) mass is 497 g/mol. The number of aliphatic hydroxyl groups excluding tert-OH is 2. The van der Waals surface area contributed by atoms with Gasteiger partial charge in [0.25, 0.3) is 0 Å². The molecule has 5 heterocycles. The largest absolute Gasteiger partial charge is 0.475 e. The molecule has 3 aromatic rings. The number of carbonyl (C=O) groups excluding carboxylic acids is 1. The van der Waals surface area contributed by atoms with Crippen molar-refractivity contribution in [2.24, 2.45) is 0 Å². The first-order chi connectivity index (χ1) is 16.9. The van der Waals surface area contributed by atoms with Crippen LogP contribution in [-0.2, 0) is 0 Å². The van der Waals surface area contributed by atoms with E-state index in [1.54, 1.807) is 11.1 Å². The molecule has 5 rings (SSSR count). The molecule has 2 aliphatic rings. The Morgan fingerprint density at radius 3 is 2.97 bits per heavy atom. The quantitative estimate of drug-likeness (QED) is 0.468. The Bertz CT molecular complexity index is 1260. The molecule has 11 nitrogen and oxygen atoms in total. The average Bonchev–Trinajstić information content (AvgIpc) is 3.27. The molecule has 1 fully saturated rings. The molecule has 0 unspecified atom stereocenters. The van der Waals surface area contributed by atoms with Crippen LogP contribution in [0.5, 0.6) is 5.88 Å². The number of nitrogens with zero attached hydrogens (tertiary/aromatic N) is 6. The van der Waals surface area contributed by atoms with Crippen molar-refractivity contribution in [1.82, 2.24) is 19.9 Å². The van der Waals surface area contributed by atoms with Crippen molar-refractivity contribution in [2.45, 2.75) is 25.5 Å². The molecule has 0 spiro atoms. The molecular formula is C23H24ClN7O4. The van der Waals surface area contributed by atoms with Gasteiger partial charge in [-0.15, -0.1) is 0 Å². The fourth-order valence-corrected chi connectivity index (χ4v) is 4.53. The van der Waals surface area contributed by atoms with E-state index in [2.05, 4.69) is 25.2 Å². The number of fused-ring (bicyclic) bond motifs is 4. The molecule has 1 saturated heterocycles. The summed E-state index contributed by atoms with van der Waals surface area (Å²) < 4.78 is 5.35. The van der Waals surface area contributed by atoms with E-state index < -0.39 is 12.7 Å². The molecule has 0 aliphatic carbocycles. The van der Waals surface area contributed by atoms with E-state index >= 15 is 0 Å². The summed E-state index contributed by atoms with van der Waals surface area (Å²) in [6.45, 7) is 2.81. The van der Waals surface area contributed by atoms with Gasteiger partial charge in [-0.2, -0.15) is 0 Å². The number of aromatic nitrogens is 4. The molecule has 3 N–H and O–H groups in total. The molecule has 0 saturated carbocycles. The summed E-state index contributed by atoms with van der Waals surface area (Å²) in [7, 11) is 0. The fraction of sp³-hybridized carbons (Fsp3) is 0.348. The zero-order valence-electron chi connectivity index (χ0n) is 18.9. The van der Waals surface area contributed by atoms with Gasteiger partial charge in [-0.25, -0.2) is 19.7 Å². The van der Waals surface area contributed by atoms with Gasteiger partial charge in [0.1, 0.15) is 24.9 Å². The lowest BCUT2D eigenvalue weighted by atomic mass is 10.1. The number of halogens is 1. The molecular weight excluding hydrogens is 474 g/mol. The maximum absolute atomic E-state index is 13.5. The molecule has 2 aliphatic heterocycles. The molecule has 2 amide bonds. The highest BCUT2D eigenvalue weighted by Gasteiger charge is 2.41. The first-order valence-corrected chi connectivity index (χ1v) is 11.5. The minimum Gasteiger partial charge on any atom is -0.475 e. The highest BCUT2D eigenvalue weighted by Crippen LogP contribution is 2.43. The highest BCUT2D eigenvalue weighted by molar-refractivity contribution is 6.33. The molecule has 0 aromatic carbocycles. The van der Waals surface area contributed by atoms with E-state index in [0.717, 1.165) is 29.9 Å². The number of ether oxygens (including phenoxy) is 1. The Morgan fingerprint density at radius 1 is 1.31 bits per heavy atom. The van der Waals surface area contributed by atoms with Crippen LogP contribution in [0.2, 0.25) is 5.02 Å². The average molecular weight is 498 g/mol. The lowest BCUT2D eigenvalue weighted by molar-refractivity contribution is 0.0521.